The molecule has 0 fully saturated rings. The van der Waals surface area contributed by atoms with Crippen LogP contribution in [0.4, 0.5) is 0 Å². The molecule has 1 aromatic heterocycles. The molecule has 1 heterocycles. The molecule has 1 aromatic carbocycles. The van der Waals surface area contributed by atoms with Crippen LogP contribution in [-0.2, 0) is 12.1 Å². The lowest BCUT2D eigenvalue weighted by atomic mass is 9.90. The first-order valence-corrected chi connectivity index (χ1v) is 5.46. The zero-order chi connectivity index (χ0) is 12.1. The predicted molar refractivity (Wildman–Crippen MR) is 65.2 cm³/mol. The Labute approximate surface area is 100 Å². The van der Waals surface area contributed by atoms with E-state index in [1.165, 1.54) is 6.33 Å². The van der Waals surface area contributed by atoms with Crippen molar-refractivity contribution in [3.8, 4) is 0 Å². The second kappa shape index (κ2) is 4.93. The maximum Gasteiger partial charge on any atom is 0.137 e. The van der Waals surface area contributed by atoms with E-state index in [0.717, 1.165) is 5.56 Å². The molecule has 0 aliphatic rings. The zero-order valence-electron chi connectivity index (χ0n) is 9.53. The largest absolute Gasteiger partial charge is 0.383 e. The summed E-state index contributed by atoms with van der Waals surface area (Å²) in [5.41, 5.74) is -0.133. The van der Waals surface area contributed by atoms with Crippen molar-refractivity contribution >= 4 is 0 Å². The van der Waals surface area contributed by atoms with Crippen LogP contribution in [0.1, 0.15) is 12.0 Å². The SMILES string of the molecule is C=CC[C@](O)(Cn1cncn1)c1ccccc1. The molecule has 0 amide bonds. The van der Waals surface area contributed by atoms with Crippen LogP contribution < -0.4 is 0 Å². The van der Waals surface area contributed by atoms with E-state index in [0.29, 0.717) is 13.0 Å². The molecule has 1 N–H and O–H groups in total. The maximum absolute atomic E-state index is 10.7. The van der Waals surface area contributed by atoms with Gasteiger partial charge in [-0.3, -0.25) is 0 Å². The summed E-state index contributed by atoms with van der Waals surface area (Å²) in [5.74, 6) is 0. The van der Waals surface area contributed by atoms with E-state index in [4.69, 9.17) is 0 Å². The first-order chi connectivity index (χ1) is 8.24. The molecule has 0 spiro atoms. The molecule has 0 saturated carbocycles. The summed E-state index contributed by atoms with van der Waals surface area (Å²) in [4.78, 5) is 3.88. The van der Waals surface area contributed by atoms with Crippen molar-refractivity contribution in [3.05, 3.63) is 61.2 Å². The lowest BCUT2D eigenvalue weighted by molar-refractivity contribution is 0.0178. The van der Waals surface area contributed by atoms with Crippen LogP contribution in [0.2, 0.25) is 0 Å². The summed E-state index contributed by atoms with van der Waals surface area (Å²) in [7, 11) is 0. The van der Waals surface area contributed by atoms with E-state index in [1.54, 1.807) is 17.1 Å². The Hall–Kier alpha value is -1.94. The second-order valence-corrected chi connectivity index (χ2v) is 3.98. The highest BCUT2D eigenvalue weighted by Crippen LogP contribution is 2.26. The number of aromatic nitrogens is 3. The lowest BCUT2D eigenvalue weighted by Crippen LogP contribution is -2.31. The molecular formula is C13H15N3O. The molecule has 0 unspecified atom stereocenters. The van der Waals surface area contributed by atoms with Gasteiger partial charge in [-0.2, -0.15) is 5.10 Å². The summed E-state index contributed by atoms with van der Waals surface area (Å²) >= 11 is 0. The molecule has 17 heavy (non-hydrogen) atoms. The van der Waals surface area contributed by atoms with E-state index in [9.17, 15) is 5.11 Å². The topological polar surface area (TPSA) is 50.9 Å². The smallest absolute Gasteiger partial charge is 0.137 e. The minimum Gasteiger partial charge on any atom is -0.383 e. The molecule has 0 saturated heterocycles. The Morgan fingerprint density at radius 1 is 1.35 bits per heavy atom. The molecule has 2 rings (SSSR count). The van der Waals surface area contributed by atoms with Crippen LogP contribution in [-0.4, -0.2) is 19.9 Å². The normalized spacial score (nSPS) is 14.2. The number of nitrogens with zero attached hydrogens (tertiary/aromatic N) is 3. The molecule has 0 radical (unpaired) electrons. The fraction of sp³-hybridized carbons (Fsp3) is 0.231. The number of hydrogen-bond acceptors (Lipinski definition) is 3. The summed E-state index contributed by atoms with van der Waals surface area (Å²) in [6.45, 7) is 4.06. The van der Waals surface area contributed by atoms with Crippen molar-refractivity contribution in [2.45, 2.75) is 18.6 Å². The highest BCUT2D eigenvalue weighted by atomic mass is 16.3. The van der Waals surface area contributed by atoms with Crippen LogP contribution in [0, 0.1) is 0 Å². The summed E-state index contributed by atoms with van der Waals surface area (Å²) in [5, 5.41) is 14.7. The van der Waals surface area contributed by atoms with E-state index < -0.39 is 5.60 Å². The molecular weight excluding hydrogens is 214 g/mol. The van der Waals surface area contributed by atoms with Gasteiger partial charge < -0.3 is 5.11 Å². The highest BCUT2D eigenvalue weighted by molar-refractivity contribution is 5.22. The van der Waals surface area contributed by atoms with Gasteiger partial charge in [0.2, 0.25) is 0 Å². The van der Waals surface area contributed by atoms with Gasteiger partial charge in [0.25, 0.3) is 0 Å². The van der Waals surface area contributed by atoms with Crippen molar-refractivity contribution in [2.24, 2.45) is 0 Å². The Morgan fingerprint density at radius 3 is 2.71 bits per heavy atom. The average molecular weight is 229 g/mol. The molecule has 4 nitrogen and oxygen atoms in total. The molecule has 0 bridgehead atoms. The summed E-state index contributed by atoms with van der Waals surface area (Å²) < 4.78 is 1.62. The van der Waals surface area contributed by atoms with E-state index in [2.05, 4.69) is 16.7 Å². The maximum atomic E-state index is 10.7. The monoisotopic (exact) mass is 229 g/mol. The first-order valence-electron chi connectivity index (χ1n) is 5.46. The molecule has 88 valence electrons. The molecule has 2 aromatic rings. The summed E-state index contributed by atoms with van der Waals surface area (Å²) in [6.07, 6.45) is 5.23. The van der Waals surface area contributed by atoms with Gasteiger partial charge in [-0.15, -0.1) is 6.58 Å². The Kier molecular flexibility index (Phi) is 3.35. The van der Waals surface area contributed by atoms with Crippen LogP contribution in [0.15, 0.2) is 55.6 Å². The van der Waals surface area contributed by atoms with Gasteiger partial charge in [0, 0.05) is 0 Å². The molecule has 1 atom stereocenters. The van der Waals surface area contributed by atoms with Gasteiger partial charge in [-0.1, -0.05) is 36.4 Å². The highest BCUT2D eigenvalue weighted by Gasteiger charge is 2.28. The third-order valence-corrected chi connectivity index (χ3v) is 2.68. The van der Waals surface area contributed by atoms with Gasteiger partial charge >= 0.3 is 0 Å². The van der Waals surface area contributed by atoms with Crippen molar-refractivity contribution in [3.63, 3.8) is 0 Å². The fourth-order valence-corrected chi connectivity index (χ4v) is 1.84. The number of rotatable bonds is 5. The van der Waals surface area contributed by atoms with Crippen LogP contribution in [0.5, 0.6) is 0 Å². The van der Waals surface area contributed by atoms with Crippen molar-refractivity contribution < 1.29 is 5.11 Å². The predicted octanol–water partition coefficient (Wildman–Crippen LogP) is 1.74. The molecule has 0 aliphatic heterocycles. The number of aliphatic hydroxyl groups is 1. The third kappa shape index (κ3) is 2.60. The van der Waals surface area contributed by atoms with Gasteiger partial charge in [0.15, 0.2) is 0 Å². The number of benzene rings is 1. The Morgan fingerprint density at radius 2 is 2.12 bits per heavy atom. The first kappa shape index (κ1) is 11.5. The Balaban J connectivity index is 2.29. The third-order valence-electron chi connectivity index (χ3n) is 2.68. The van der Waals surface area contributed by atoms with Gasteiger partial charge in [-0.25, -0.2) is 9.67 Å². The van der Waals surface area contributed by atoms with Crippen molar-refractivity contribution in [1.29, 1.82) is 0 Å². The minimum absolute atomic E-state index is 0.364. The van der Waals surface area contributed by atoms with E-state index in [-0.39, 0.29) is 0 Å². The van der Waals surface area contributed by atoms with E-state index in [1.807, 2.05) is 30.3 Å². The average Bonchev–Trinajstić information content (AvgIpc) is 2.83. The van der Waals surface area contributed by atoms with Gasteiger partial charge in [0.1, 0.15) is 18.3 Å². The van der Waals surface area contributed by atoms with Crippen LogP contribution >= 0.6 is 0 Å². The molecule has 0 aliphatic carbocycles. The quantitative estimate of drug-likeness (QED) is 0.794. The van der Waals surface area contributed by atoms with E-state index >= 15 is 0 Å². The van der Waals surface area contributed by atoms with Gasteiger partial charge in [-0.05, 0) is 12.0 Å². The fourth-order valence-electron chi connectivity index (χ4n) is 1.84. The standard InChI is InChI=1S/C13H15N3O/c1-2-8-13(17,9-16-11-14-10-15-16)12-6-4-3-5-7-12/h2-7,10-11,17H,1,8-9H2/t13-/m0/s1. The minimum atomic E-state index is -0.989. The zero-order valence-corrected chi connectivity index (χ0v) is 9.53. The van der Waals surface area contributed by atoms with Gasteiger partial charge in [0.05, 0.1) is 6.54 Å². The van der Waals surface area contributed by atoms with Crippen molar-refractivity contribution in [2.75, 3.05) is 0 Å². The van der Waals surface area contributed by atoms with Crippen LogP contribution in [0.3, 0.4) is 0 Å². The lowest BCUT2D eigenvalue weighted by Gasteiger charge is -2.27. The summed E-state index contributed by atoms with van der Waals surface area (Å²) in [6, 6.07) is 9.55. The molecule has 4 heteroatoms. The number of hydrogen-bond donors (Lipinski definition) is 1. The Bertz CT molecular complexity index is 467. The van der Waals surface area contributed by atoms with Crippen molar-refractivity contribution in [1.82, 2.24) is 14.8 Å². The second-order valence-electron chi connectivity index (χ2n) is 3.98. The van der Waals surface area contributed by atoms with Crippen LogP contribution in [0.25, 0.3) is 0 Å².